The Morgan fingerprint density at radius 1 is 1.16 bits per heavy atom. The van der Waals surface area contributed by atoms with Gasteiger partial charge in [-0.2, -0.15) is 0 Å². The van der Waals surface area contributed by atoms with Gasteiger partial charge in [0.05, 0.1) is 22.2 Å². The molecule has 2 aromatic carbocycles. The summed E-state index contributed by atoms with van der Waals surface area (Å²) in [6.45, 7) is 7.92. The van der Waals surface area contributed by atoms with Crippen molar-refractivity contribution in [1.82, 2.24) is 4.57 Å². The third kappa shape index (κ3) is 5.39. The number of fused-ring (bicyclic) bond motifs is 1. The van der Waals surface area contributed by atoms with Gasteiger partial charge in [-0.15, -0.1) is 0 Å². The number of carbonyl (C=O) groups excluding carboxylic acids is 1. The van der Waals surface area contributed by atoms with Gasteiger partial charge in [0, 0.05) is 24.7 Å². The molecule has 32 heavy (non-hydrogen) atoms. The van der Waals surface area contributed by atoms with Crippen LogP contribution >= 0.6 is 11.3 Å². The van der Waals surface area contributed by atoms with Gasteiger partial charge in [-0.1, -0.05) is 23.5 Å². The Hall–Kier alpha value is -2.65. The number of aryl methyl sites for hydroxylation is 2. The molecule has 1 N–H and O–H groups in total. The van der Waals surface area contributed by atoms with Crippen LogP contribution in [0.3, 0.4) is 0 Å². The molecular formula is C23H29N3O4S2. The van der Waals surface area contributed by atoms with Gasteiger partial charge in [0.2, 0.25) is 15.9 Å². The Bertz CT molecular complexity index is 1310. The molecule has 1 amide bonds. The summed E-state index contributed by atoms with van der Waals surface area (Å²) >= 11 is 1.16. The molecule has 3 rings (SSSR count). The fraction of sp³-hybridized carbons (Fsp3) is 0.391. The fourth-order valence-corrected chi connectivity index (χ4v) is 5.73. The number of carbonyl (C=O) groups is 1. The van der Waals surface area contributed by atoms with E-state index >= 15 is 0 Å². The lowest BCUT2D eigenvalue weighted by molar-refractivity contribution is -0.116. The first-order valence-electron chi connectivity index (χ1n) is 10.5. The highest BCUT2D eigenvalue weighted by Gasteiger charge is 2.19. The Kier molecular flexibility index (Phi) is 7.09. The number of rotatable bonds is 8. The van der Waals surface area contributed by atoms with Gasteiger partial charge in [0.25, 0.3) is 0 Å². The van der Waals surface area contributed by atoms with E-state index in [2.05, 4.69) is 5.32 Å². The molecule has 1 aromatic heterocycles. The van der Waals surface area contributed by atoms with Crippen molar-refractivity contribution in [2.45, 2.75) is 46.6 Å². The third-order valence-corrected chi connectivity index (χ3v) is 7.31. The molecule has 0 bridgehead atoms. The molecule has 0 aliphatic heterocycles. The van der Waals surface area contributed by atoms with E-state index in [9.17, 15) is 18.0 Å². The first kappa shape index (κ1) is 24.0. The molecule has 0 spiro atoms. The maximum atomic E-state index is 12.5. The van der Waals surface area contributed by atoms with Crippen LogP contribution in [-0.4, -0.2) is 31.7 Å². The summed E-state index contributed by atoms with van der Waals surface area (Å²) in [5, 5.41) is 2.85. The molecule has 1 heterocycles. The number of hydrogen-bond acceptors (Lipinski definition) is 5. The SMILES string of the molecule is Cc1ccc(C)c(N(CCCC(=O)Nc2ccc3c(c2)sc(=O)n3C(C)C)S(C)(=O)=O)c1. The minimum absolute atomic E-state index is 0.0224. The molecule has 0 saturated carbocycles. The zero-order chi connectivity index (χ0) is 23.6. The molecule has 3 aromatic rings. The number of sulfonamides is 1. The Morgan fingerprint density at radius 3 is 2.53 bits per heavy atom. The quantitative estimate of drug-likeness (QED) is 0.521. The van der Waals surface area contributed by atoms with Crippen molar-refractivity contribution in [3.05, 3.63) is 57.2 Å². The van der Waals surface area contributed by atoms with Crippen LogP contribution in [0.4, 0.5) is 11.4 Å². The zero-order valence-electron chi connectivity index (χ0n) is 19.0. The molecule has 172 valence electrons. The maximum absolute atomic E-state index is 12.5. The van der Waals surface area contributed by atoms with Crippen LogP contribution < -0.4 is 14.5 Å². The van der Waals surface area contributed by atoms with Crippen LogP contribution in [0.25, 0.3) is 10.2 Å². The molecular weight excluding hydrogens is 446 g/mol. The van der Waals surface area contributed by atoms with Gasteiger partial charge >= 0.3 is 4.87 Å². The molecule has 0 aliphatic carbocycles. The van der Waals surface area contributed by atoms with Crippen LogP contribution in [0.2, 0.25) is 0 Å². The number of amides is 1. The van der Waals surface area contributed by atoms with Crippen molar-refractivity contribution >= 4 is 48.9 Å². The van der Waals surface area contributed by atoms with E-state index in [0.29, 0.717) is 17.8 Å². The predicted molar refractivity (Wildman–Crippen MR) is 132 cm³/mol. The molecule has 0 atom stereocenters. The van der Waals surface area contributed by atoms with E-state index in [1.807, 2.05) is 52.0 Å². The van der Waals surface area contributed by atoms with Crippen LogP contribution in [0.15, 0.2) is 41.2 Å². The summed E-state index contributed by atoms with van der Waals surface area (Å²) < 4.78 is 28.6. The molecule has 0 aliphatic rings. The summed E-state index contributed by atoms with van der Waals surface area (Å²) in [7, 11) is -3.48. The van der Waals surface area contributed by atoms with Crippen molar-refractivity contribution in [2.24, 2.45) is 0 Å². The number of benzene rings is 2. The molecule has 7 nitrogen and oxygen atoms in total. The topological polar surface area (TPSA) is 88.5 Å². The third-order valence-electron chi connectivity index (χ3n) is 5.21. The van der Waals surface area contributed by atoms with Crippen molar-refractivity contribution in [3.63, 3.8) is 0 Å². The highest BCUT2D eigenvalue weighted by Crippen LogP contribution is 2.26. The smallest absolute Gasteiger partial charge is 0.308 e. The van der Waals surface area contributed by atoms with E-state index in [-0.39, 0.29) is 29.8 Å². The van der Waals surface area contributed by atoms with Crippen LogP contribution in [0, 0.1) is 13.8 Å². The van der Waals surface area contributed by atoms with E-state index < -0.39 is 10.0 Å². The van der Waals surface area contributed by atoms with Gasteiger partial charge in [0.1, 0.15) is 0 Å². The number of aromatic nitrogens is 1. The highest BCUT2D eigenvalue weighted by molar-refractivity contribution is 7.92. The zero-order valence-corrected chi connectivity index (χ0v) is 20.6. The van der Waals surface area contributed by atoms with Gasteiger partial charge < -0.3 is 5.32 Å². The highest BCUT2D eigenvalue weighted by atomic mass is 32.2. The van der Waals surface area contributed by atoms with Crippen molar-refractivity contribution in [2.75, 3.05) is 22.4 Å². The Labute approximate surface area is 192 Å². The second-order valence-electron chi connectivity index (χ2n) is 8.29. The van der Waals surface area contributed by atoms with Crippen LogP contribution in [0.1, 0.15) is 43.9 Å². The summed E-state index contributed by atoms with van der Waals surface area (Å²) in [5.74, 6) is -0.200. The van der Waals surface area contributed by atoms with Gasteiger partial charge in [-0.3, -0.25) is 18.5 Å². The molecule has 0 radical (unpaired) electrons. The lowest BCUT2D eigenvalue weighted by Crippen LogP contribution is -2.32. The lowest BCUT2D eigenvalue weighted by Gasteiger charge is -2.24. The van der Waals surface area contributed by atoms with E-state index in [4.69, 9.17) is 0 Å². The minimum Gasteiger partial charge on any atom is -0.326 e. The van der Waals surface area contributed by atoms with Crippen molar-refractivity contribution < 1.29 is 13.2 Å². The monoisotopic (exact) mass is 475 g/mol. The van der Waals surface area contributed by atoms with Gasteiger partial charge in [-0.05, 0) is 69.5 Å². The first-order chi connectivity index (χ1) is 15.0. The number of nitrogens with zero attached hydrogens (tertiary/aromatic N) is 2. The molecule has 0 unspecified atom stereocenters. The summed E-state index contributed by atoms with van der Waals surface area (Å²) in [5.41, 5.74) is 3.95. The standard InChI is InChI=1S/C23H29N3O4S2/c1-15(2)26-19-11-10-18(14-21(19)31-23(26)28)24-22(27)7-6-12-25(32(5,29)30)20-13-16(3)8-9-17(20)4/h8-11,13-15H,6-7,12H2,1-5H3,(H,24,27). The number of hydrogen-bond donors (Lipinski definition) is 1. The summed E-state index contributed by atoms with van der Waals surface area (Å²) in [4.78, 5) is 24.7. The average Bonchev–Trinajstić information content (AvgIpc) is 3.01. The Morgan fingerprint density at radius 2 is 1.88 bits per heavy atom. The summed E-state index contributed by atoms with van der Waals surface area (Å²) in [6.07, 6.45) is 1.74. The number of anilines is 2. The van der Waals surface area contributed by atoms with Gasteiger partial charge in [0.15, 0.2) is 0 Å². The van der Waals surface area contributed by atoms with Crippen LogP contribution in [0.5, 0.6) is 0 Å². The van der Waals surface area contributed by atoms with Gasteiger partial charge in [-0.25, -0.2) is 8.42 Å². The summed E-state index contributed by atoms with van der Waals surface area (Å²) in [6, 6.07) is 11.2. The maximum Gasteiger partial charge on any atom is 0.308 e. The second-order valence-corrected chi connectivity index (χ2v) is 11.2. The largest absolute Gasteiger partial charge is 0.326 e. The van der Waals surface area contributed by atoms with Crippen molar-refractivity contribution in [1.29, 1.82) is 0 Å². The average molecular weight is 476 g/mol. The van der Waals surface area contributed by atoms with E-state index in [1.54, 1.807) is 16.7 Å². The molecule has 9 heteroatoms. The first-order valence-corrected chi connectivity index (χ1v) is 13.1. The van der Waals surface area contributed by atoms with E-state index in [0.717, 1.165) is 32.7 Å². The van der Waals surface area contributed by atoms with E-state index in [1.165, 1.54) is 10.6 Å². The van der Waals surface area contributed by atoms with Crippen LogP contribution in [-0.2, 0) is 14.8 Å². The number of nitrogens with one attached hydrogen (secondary N) is 1. The predicted octanol–water partition coefficient (Wildman–Crippen LogP) is 4.45. The lowest BCUT2D eigenvalue weighted by atomic mass is 10.1. The fourth-order valence-electron chi connectivity index (χ4n) is 3.66. The molecule has 0 fully saturated rings. The van der Waals surface area contributed by atoms with Crippen molar-refractivity contribution in [3.8, 4) is 0 Å². The number of thiazole rings is 1. The molecule has 0 saturated heterocycles. The minimum atomic E-state index is -3.48. The Balaban J connectivity index is 1.67. The second kappa shape index (κ2) is 9.46. The normalized spacial score (nSPS) is 11.8.